The maximum absolute atomic E-state index is 13.4. The molecule has 0 bridgehead atoms. The van der Waals surface area contributed by atoms with Crippen molar-refractivity contribution in [3.63, 3.8) is 0 Å². The van der Waals surface area contributed by atoms with Gasteiger partial charge in [-0.05, 0) is 31.5 Å². The van der Waals surface area contributed by atoms with Crippen LogP contribution in [0.25, 0.3) is 6.08 Å². The van der Waals surface area contributed by atoms with E-state index in [-0.39, 0.29) is 17.7 Å². The number of halogens is 1. The number of hydrogen-bond donors (Lipinski definition) is 1. The molecule has 0 unspecified atom stereocenters. The van der Waals surface area contributed by atoms with E-state index in [0.29, 0.717) is 6.54 Å². The van der Waals surface area contributed by atoms with E-state index in [4.69, 9.17) is 10.5 Å². The lowest BCUT2D eigenvalue weighted by molar-refractivity contribution is 0.231. The van der Waals surface area contributed by atoms with E-state index in [9.17, 15) is 4.39 Å². The van der Waals surface area contributed by atoms with Gasteiger partial charge in [0.15, 0.2) is 11.6 Å². The molecule has 0 aromatic heterocycles. The number of benzene rings is 1. The summed E-state index contributed by atoms with van der Waals surface area (Å²) in [5.41, 5.74) is 6.09. The Kier molecular flexibility index (Phi) is 4.31. The third kappa shape index (κ3) is 3.72. The third-order valence-electron chi connectivity index (χ3n) is 1.76. The van der Waals surface area contributed by atoms with Gasteiger partial charge >= 0.3 is 0 Å². The molecule has 82 valence electrons. The Morgan fingerprint density at radius 1 is 1.47 bits per heavy atom. The highest BCUT2D eigenvalue weighted by atomic mass is 19.1. The van der Waals surface area contributed by atoms with Gasteiger partial charge in [-0.15, -0.1) is 0 Å². The van der Waals surface area contributed by atoms with Gasteiger partial charge in [0.05, 0.1) is 6.10 Å². The summed E-state index contributed by atoms with van der Waals surface area (Å²) in [7, 11) is 0. The lowest BCUT2D eigenvalue weighted by Gasteiger charge is -2.10. The molecule has 0 saturated carbocycles. The number of hydrogen-bond acceptors (Lipinski definition) is 2. The van der Waals surface area contributed by atoms with E-state index in [1.165, 1.54) is 6.07 Å². The fraction of sp³-hybridized carbons (Fsp3) is 0.333. The number of ether oxygens (including phenoxy) is 1. The second-order valence-electron chi connectivity index (χ2n) is 3.49. The van der Waals surface area contributed by atoms with E-state index >= 15 is 0 Å². The van der Waals surface area contributed by atoms with Crippen molar-refractivity contribution in [2.75, 3.05) is 6.54 Å². The van der Waals surface area contributed by atoms with Crippen LogP contribution in [0.2, 0.25) is 0 Å². The Bertz CT molecular complexity index is 347. The molecule has 3 heteroatoms. The SMILES string of the molecule is CC(C)Oc1ccc(/C=C/CN)cc1F. The quantitative estimate of drug-likeness (QED) is 0.827. The van der Waals surface area contributed by atoms with Gasteiger partial charge in [-0.2, -0.15) is 0 Å². The van der Waals surface area contributed by atoms with E-state index in [1.54, 1.807) is 24.3 Å². The summed E-state index contributed by atoms with van der Waals surface area (Å²) in [4.78, 5) is 0. The summed E-state index contributed by atoms with van der Waals surface area (Å²) >= 11 is 0. The first-order valence-corrected chi connectivity index (χ1v) is 4.96. The second kappa shape index (κ2) is 5.51. The summed E-state index contributed by atoms with van der Waals surface area (Å²) in [6, 6.07) is 4.86. The monoisotopic (exact) mass is 209 g/mol. The van der Waals surface area contributed by atoms with Crippen molar-refractivity contribution in [3.05, 3.63) is 35.7 Å². The van der Waals surface area contributed by atoms with Crippen LogP contribution in [-0.4, -0.2) is 12.6 Å². The normalized spacial score (nSPS) is 11.3. The number of rotatable bonds is 4. The van der Waals surface area contributed by atoms with Crippen LogP contribution in [0.1, 0.15) is 19.4 Å². The van der Waals surface area contributed by atoms with Gasteiger partial charge in [0.2, 0.25) is 0 Å². The van der Waals surface area contributed by atoms with Gasteiger partial charge < -0.3 is 10.5 Å². The smallest absolute Gasteiger partial charge is 0.165 e. The van der Waals surface area contributed by atoms with Gasteiger partial charge in [-0.25, -0.2) is 4.39 Å². The summed E-state index contributed by atoms with van der Waals surface area (Å²) < 4.78 is 18.7. The van der Waals surface area contributed by atoms with E-state index < -0.39 is 0 Å². The summed E-state index contributed by atoms with van der Waals surface area (Å²) in [5, 5.41) is 0. The zero-order valence-electron chi connectivity index (χ0n) is 9.03. The molecule has 2 N–H and O–H groups in total. The van der Waals surface area contributed by atoms with Crippen molar-refractivity contribution in [2.24, 2.45) is 5.73 Å². The Balaban J connectivity index is 2.83. The van der Waals surface area contributed by atoms with Gasteiger partial charge in [0, 0.05) is 6.54 Å². The molecule has 0 radical (unpaired) electrons. The first-order chi connectivity index (χ1) is 7.13. The molecule has 0 aliphatic rings. The maximum Gasteiger partial charge on any atom is 0.165 e. The molecule has 0 saturated heterocycles. The molecular weight excluding hydrogens is 193 g/mol. The van der Waals surface area contributed by atoms with Crippen LogP contribution in [0, 0.1) is 5.82 Å². The first-order valence-electron chi connectivity index (χ1n) is 4.96. The fourth-order valence-electron chi connectivity index (χ4n) is 1.17. The third-order valence-corrected chi connectivity index (χ3v) is 1.76. The van der Waals surface area contributed by atoms with Crippen LogP contribution in [0.5, 0.6) is 5.75 Å². The van der Waals surface area contributed by atoms with Crippen molar-refractivity contribution in [1.29, 1.82) is 0 Å². The van der Waals surface area contributed by atoms with Gasteiger partial charge in [-0.3, -0.25) is 0 Å². The molecule has 0 fully saturated rings. The predicted octanol–water partition coefficient (Wildman–Crippen LogP) is 2.58. The maximum atomic E-state index is 13.4. The highest BCUT2D eigenvalue weighted by Gasteiger charge is 2.04. The minimum atomic E-state index is -0.345. The van der Waals surface area contributed by atoms with Crippen LogP contribution in [0.4, 0.5) is 4.39 Å². The van der Waals surface area contributed by atoms with Crippen molar-refractivity contribution >= 4 is 6.08 Å². The van der Waals surface area contributed by atoms with Gasteiger partial charge in [0.25, 0.3) is 0 Å². The molecule has 0 aliphatic carbocycles. The highest BCUT2D eigenvalue weighted by molar-refractivity contribution is 5.51. The van der Waals surface area contributed by atoms with Crippen LogP contribution in [0.3, 0.4) is 0 Å². The highest BCUT2D eigenvalue weighted by Crippen LogP contribution is 2.20. The summed E-state index contributed by atoms with van der Waals surface area (Å²) in [5.74, 6) is -0.0576. The predicted molar refractivity (Wildman–Crippen MR) is 60.3 cm³/mol. The molecular formula is C12H16FNO. The van der Waals surface area contributed by atoms with Crippen LogP contribution in [0.15, 0.2) is 24.3 Å². The molecule has 0 amide bonds. The average molecular weight is 209 g/mol. The Morgan fingerprint density at radius 3 is 2.73 bits per heavy atom. The Hall–Kier alpha value is -1.35. The standard InChI is InChI=1S/C12H16FNO/c1-9(2)15-12-6-5-10(4-3-7-14)8-11(12)13/h3-6,8-9H,7,14H2,1-2H3/b4-3+. The largest absolute Gasteiger partial charge is 0.488 e. The van der Waals surface area contributed by atoms with Crippen molar-refractivity contribution < 1.29 is 9.13 Å². The zero-order chi connectivity index (χ0) is 11.3. The van der Waals surface area contributed by atoms with E-state index in [1.807, 2.05) is 13.8 Å². The second-order valence-corrected chi connectivity index (χ2v) is 3.49. The summed E-state index contributed by atoms with van der Waals surface area (Å²) in [6.45, 7) is 4.18. The van der Waals surface area contributed by atoms with Crippen LogP contribution < -0.4 is 10.5 Å². The lowest BCUT2D eigenvalue weighted by atomic mass is 10.2. The van der Waals surface area contributed by atoms with Crippen LogP contribution in [-0.2, 0) is 0 Å². The molecule has 0 spiro atoms. The van der Waals surface area contributed by atoms with E-state index in [2.05, 4.69) is 0 Å². The fourth-order valence-corrected chi connectivity index (χ4v) is 1.17. The molecule has 0 heterocycles. The van der Waals surface area contributed by atoms with E-state index in [0.717, 1.165) is 5.56 Å². The van der Waals surface area contributed by atoms with Crippen molar-refractivity contribution in [3.8, 4) is 5.75 Å². The Labute approximate surface area is 89.6 Å². The Morgan fingerprint density at radius 2 is 2.20 bits per heavy atom. The molecule has 1 aromatic rings. The lowest BCUT2D eigenvalue weighted by Crippen LogP contribution is -2.06. The average Bonchev–Trinajstić information content (AvgIpc) is 2.18. The van der Waals surface area contributed by atoms with Crippen molar-refractivity contribution in [2.45, 2.75) is 20.0 Å². The first kappa shape index (κ1) is 11.7. The van der Waals surface area contributed by atoms with Gasteiger partial charge in [-0.1, -0.05) is 18.2 Å². The van der Waals surface area contributed by atoms with Crippen molar-refractivity contribution in [1.82, 2.24) is 0 Å². The number of nitrogens with two attached hydrogens (primary N) is 1. The zero-order valence-corrected chi connectivity index (χ0v) is 9.03. The molecule has 1 aromatic carbocycles. The molecule has 0 aliphatic heterocycles. The molecule has 15 heavy (non-hydrogen) atoms. The minimum Gasteiger partial charge on any atom is -0.488 e. The molecule has 2 nitrogen and oxygen atoms in total. The van der Waals surface area contributed by atoms with Gasteiger partial charge in [0.1, 0.15) is 0 Å². The summed E-state index contributed by atoms with van der Waals surface area (Å²) in [6.07, 6.45) is 3.53. The van der Waals surface area contributed by atoms with Crippen LogP contribution >= 0.6 is 0 Å². The minimum absolute atomic E-state index is 0.0232. The molecule has 1 rings (SSSR count). The topological polar surface area (TPSA) is 35.2 Å². The molecule has 0 atom stereocenters.